The number of carbonyl (C=O) groups excluding carboxylic acids is 1. The van der Waals surface area contributed by atoms with Crippen molar-refractivity contribution in [2.75, 3.05) is 7.05 Å². The first-order valence-electron chi connectivity index (χ1n) is 10.8. The largest absolute Gasteiger partial charge is 0.443 e. The Hall–Kier alpha value is -3.84. The number of benzene rings is 1. The molecule has 8 nitrogen and oxygen atoms in total. The summed E-state index contributed by atoms with van der Waals surface area (Å²) in [7, 11) is -3.01. The number of nitrogens with zero attached hydrogens (tertiary/aromatic N) is 3. The lowest BCUT2D eigenvalue weighted by Gasteiger charge is -2.22. The van der Waals surface area contributed by atoms with E-state index in [4.69, 9.17) is 4.42 Å². The normalized spacial score (nSPS) is 13.2. The maximum atomic E-state index is 13.4. The van der Waals surface area contributed by atoms with Crippen LogP contribution in [0.1, 0.15) is 18.2 Å². The Labute approximate surface area is 209 Å². The van der Waals surface area contributed by atoms with Crippen LogP contribution in [-0.4, -0.2) is 41.7 Å². The number of fused-ring (bicyclic) bond motifs is 1. The van der Waals surface area contributed by atoms with Crippen LogP contribution in [0.5, 0.6) is 0 Å². The number of alkyl halides is 3. The first kappa shape index (κ1) is 26.2. The lowest BCUT2D eigenvalue weighted by Crippen LogP contribution is -2.45. The summed E-state index contributed by atoms with van der Waals surface area (Å²) in [6.45, 7) is 1.31. The third-order valence-electron chi connectivity index (χ3n) is 5.66. The van der Waals surface area contributed by atoms with Gasteiger partial charge in [-0.3, -0.25) is 14.8 Å². The number of nitrogens with one attached hydrogen (secondary N) is 1. The molecule has 0 aliphatic carbocycles. The van der Waals surface area contributed by atoms with Crippen LogP contribution >= 0.6 is 0 Å². The van der Waals surface area contributed by atoms with E-state index in [-0.39, 0.29) is 23.2 Å². The van der Waals surface area contributed by atoms with Crippen LogP contribution < -0.4 is 5.32 Å². The maximum Gasteiger partial charge on any atom is 0.417 e. The van der Waals surface area contributed by atoms with E-state index in [1.54, 1.807) is 12.1 Å². The second-order valence-electron chi connectivity index (χ2n) is 8.13. The van der Waals surface area contributed by atoms with Crippen molar-refractivity contribution in [3.8, 4) is 11.3 Å². The van der Waals surface area contributed by atoms with Crippen LogP contribution in [0.15, 0.2) is 70.4 Å². The highest BCUT2D eigenvalue weighted by molar-refractivity contribution is 7.89. The fraction of sp³-hybridized carbons (Fsp3) is 0.208. The molecule has 0 aliphatic rings. The number of sulfonamides is 1. The van der Waals surface area contributed by atoms with Crippen LogP contribution in [0.3, 0.4) is 0 Å². The molecule has 0 fully saturated rings. The molecule has 3 heterocycles. The Morgan fingerprint density at radius 2 is 1.86 bits per heavy atom. The van der Waals surface area contributed by atoms with Crippen LogP contribution in [0, 0.1) is 5.82 Å². The van der Waals surface area contributed by atoms with Gasteiger partial charge in [-0.2, -0.15) is 17.5 Å². The fourth-order valence-electron chi connectivity index (χ4n) is 3.42. The van der Waals surface area contributed by atoms with Gasteiger partial charge >= 0.3 is 6.18 Å². The number of aromatic nitrogens is 2. The Bertz CT molecular complexity index is 1550. The predicted molar refractivity (Wildman–Crippen MR) is 125 cm³/mol. The summed E-state index contributed by atoms with van der Waals surface area (Å²) in [4.78, 5) is 20.7. The van der Waals surface area contributed by atoms with Crippen molar-refractivity contribution in [1.29, 1.82) is 0 Å². The van der Waals surface area contributed by atoms with E-state index in [9.17, 15) is 30.8 Å². The minimum atomic E-state index is -4.50. The average Bonchev–Trinajstić information content (AvgIpc) is 3.30. The molecule has 1 N–H and O–H groups in total. The van der Waals surface area contributed by atoms with Crippen LogP contribution in [0.4, 0.5) is 17.6 Å². The SMILES string of the molecule is C[C@H](C(=O)NCc1cc(-c2ccc(C(F)(F)F)cn2)ccn1)N(C)S(=O)(=O)c1cc2cc(F)ccc2o1. The van der Waals surface area contributed by atoms with E-state index in [0.717, 1.165) is 28.7 Å². The Kier molecular flexibility index (Phi) is 7.02. The Balaban J connectivity index is 1.43. The molecule has 0 spiro atoms. The molecule has 0 aliphatic heterocycles. The molecule has 4 aromatic rings. The maximum absolute atomic E-state index is 13.4. The zero-order valence-electron chi connectivity index (χ0n) is 19.5. The van der Waals surface area contributed by atoms with Gasteiger partial charge < -0.3 is 9.73 Å². The smallest absolute Gasteiger partial charge is 0.417 e. The number of furan rings is 1. The molecule has 194 valence electrons. The highest BCUT2D eigenvalue weighted by atomic mass is 32.2. The molecule has 0 unspecified atom stereocenters. The molecule has 13 heteroatoms. The van der Waals surface area contributed by atoms with Crippen molar-refractivity contribution in [3.05, 3.63) is 78.0 Å². The topological polar surface area (TPSA) is 105 Å². The van der Waals surface area contributed by atoms with Crippen molar-refractivity contribution in [2.45, 2.75) is 30.8 Å². The highest BCUT2D eigenvalue weighted by Gasteiger charge is 2.33. The van der Waals surface area contributed by atoms with Gasteiger partial charge in [0.2, 0.25) is 11.0 Å². The van der Waals surface area contributed by atoms with Crippen LogP contribution in [0.2, 0.25) is 0 Å². The molecule has 1 atom stereocenters. The standard InChI is InChI=1S/C24H20F4N4O4S/c1-14(32(2)37(34,35)22-11-16-9-18(25)4-6-21(16)36-22)23(33)31-13-19-10-15(7-8-29-19)20-5-3-17(12-30-20)24(26,27)28/h3-12,14H,13H2,1-2H3,(H,31,33)/t14-/m1/s1. The lowest BCUT2D eigenvalue weighted by molar-refractivity contribution is -0.137. The summed E-state index contributed by atoms with van der Waals surface area (Å²) in [6, 6.07) is 8.87. The zero-order valence-corrected chi connectivity index (χ0v) is 20.3. The predicted octanol–water partition coefficient (Wildman–Crippen LogP) is 4.37. The number of hydrogen-bond donors (Lipinski definition) is 1. The van der Waals surface area contributed by atoms with Gasteiger partial charge in [-0.15, -0.1) is 0 Å². The summed E-state index contributed by atoms with van der Waals surface area (Å²) in [5, 5.41) is 2.41. The number of carbonyl (C=O) groups is 1. The quantitative estimate of drug-likeness (QED) is 0.352. The number of halogens is 4. The van der Waals surface area contributed by atoms with Crippen molar-refractivity contribution < 1.29 is 35.2 Å². The van der Waals surface area contributed by atoms with Crippen LogP contribution in [-0.2, 0) is 27.5 Å². The number of hydrogen-bond acceptors (Lipinski definition) is 6. The van der Waals surface area contributed by atoms with E-state index >= 15 is 0 Å². The summed E-state index contributed by atoms with van der Waals surface area (Å²) < 4.78 is 83.8. The monoisotopic (exact) mass is 536 g/mol. The average molecular weight is 537 g/mol. The van der Waals surface area contributed by atoms with Gasteiger partial charge in [0.1, 0.15) is 17.4 Å². The van der Waals surface area contributed by atoms with Crippen molar-refractivity contribution in [1.82, 2.24) is 19.6 Å². The minimum absolute atomic E-state index is 0.0740. The molecular weight excluding hydrogens is 516 g/mol. The zero-order chi connectivity index (χ0) is 27.0. The van der Waals surface area contributed by atoms with E-state index in [0.29, 0.717) is 11.3 Å². The first-order valence-corrected chi connectivity index (χ1v) is 12.2. The molecule has 0 saturated carbocycles. The summed E-state index contributed by atoms with van der Waals surface area (Å²) in [6.07, 6.45) is -2.35. The number of likely N-dealkylation sites (N-methyl/N-ethyl adjacent to an activating group) is 1. The van der Waals surface area contributed by atoms with E-state index in [2.05, 4.69) is 15.3 Å². The van der Waals surface area contributed by atoms with Gasteiger partial charge in [0.05, 0.1) is 23.5 Å². The fourth-order valence-corrected chi connectivity index (χ4v) is 4.69. The number of rotatable bonds is 7. The minimum Gasteiger partial charge on any atom is -0.443 e. The second kappa shape index (κ2) is 9.90. The van der Waals surface area contributed by atoms with Gasteiger partial charge in [0, 0.05) is 36.5 Å². The second-order valence-corrected chi connectivity index (χ2v) is 10.1. The van der Waals surface area contributed by atoms with E-state index in [1.165, 1.54) is 38.4 Å². The van der Waals surface area contributed by atoms with Gasteiger partial charge in [0.25, 0.3) is 10.0 Å². The molecule has 1 amide bonds. The Morgan fingerprint density at radius 1 is 1.11 bits per heavy atom. The molecular formula is C24H20F4N4O4S. The van der Waals surface area contributed by atoms with Crippen molar-refractivity contribution in [2.24, 2.45) is 0 Å². The van der Waals surface area contributed by atoms with Crippen molar-refractivity contribution >= 4 is 26.9 Å². The lowest BCUT2D eigenvalue weighted by atomic mass is 10.1. The molecule has 37 heavy (non-hydrogen) atoms. The first-order chi connectivity index (χ1) is 17.4. The van der Waals surface area contributed by atoms with Gasteiger partial charge in [-0.1, -0.05) is 0 Å². The molecule has 0 radical (unpaired) electrons. The molecule has 4 rings (SSSR count). The van der Waals surface area contributed by atoms with Gasteiger partial charge in [-0.05, 0) is 49.4 Å². The van der Waals surface area contributed by atoms with Crippen LogP contribution in [0.25, 0.3) is 22.2 Å². The van der Waals surface area contributed by atoms with Gasteiger partial charge in [0.15, 0.2) is 0 Å². The summed E-state index contributed by atoms with van der Waals surface area (Å²) in [5.74, 6) is -1.18. The Morgan fingerprint density at radius 3 is 2.54 bits per heavy atom. The molecule has 3 aromatic heterocycles. The summed E-state index contributed by atoms with van der Waals surface area (Å²) in [5.41, 5.74) is 0.458. The number of amides is 1. The molecule has 1 aromatic carbocycles. The van der Waals surface area contributed by atoms with E-state index in [1.807, 2.05) is 0 Å². The van der Waals surface area contributed by atoms with E-state index < -0.39 is 44.6 Å². The molecule has 0 saturated heterocycles. The third-order valence-corrected chi connectivity index (χ3v) is 7.44. The summed E-state index contributed by atoms with van der Waals surface area (Å²) >= 11 is 0. The highest BCUT2D eigenvalue weighted by Crippen LogP contribution is 2.30. The number of pyridine rings is 2. The third kappa shape index (κ3) is 5.62. The van der Waals surface area contributed by atoms with Gasteiger partial charge in [-0.25, -0.2) is 12.8 Å². The van der Waals surface area contributed by atoms with Crippen molar-refractivity contribution in [3.63, 3.8) is 0 Å². The molecule has 0 bridgehead atoms.